The topological polar surface area (TPSA) is 35.9 Å². The standard InChI is InChI=1S/C63H66N4O/c1-37(2)38-27-28-64-55(29-38)67-51-21-17-16-19-43(51)44-25-23-41(34-53(44)67)68-42-24-26-47-54(35-42)66-36-65(15)52-22-18-20-48(58(52)66)63(47)56-45(30-39(59(3,4)5)32-49(56)61(9,10)11)46-31-40(60(6,7)8)33-50(57(46)63)62(12,13)14/h16-35,37H,1-15H3. The predicted octanol–water partition coefficient (Wildman–Crippen LogP) is 15.5. The van der Waals surface area contributed by atoms with Gasteiger partial charge in [0.15, 0.2) is 0 Å². The van der Waals surface area contributed by atoms with E-state index in [1.807, 2.05) is 6.20 Å². The van der Waals surface area contributed by atoms with Gasteiger partial charge in [-0.05, 0) is 131 Å². The van der Waals surface area contributed by atoms with E-state index in [9.17, 15) is 0 Å². The third-order valence-corrected chi connectivity index (χ3v) is 15.1. The number of benzene rings is 6. The molecule has 0 unspecified atom stereocenters. The van der Waals surface area contributed by atoms with Crippen LogP contribution in [-0.4, -0.2) is 14.1 Å². The van der Waals surface area contributed by atoms with Gasteiger partial charge in [0.1, 0.15) is 17.3 Å². The van der Waals surface area contributed by atoms with Gasteiger partial charge in [-0.1, -0.05) is 164 Å². The molecule has 0 N–H and O–H groups in total. The first-order chi connectivity index (χ1) is 32.0. The van der Waals surface area contributed by atoms with Crippen molar-refractivity contribution in [3.63, 3.8) is 0 Å². The lowest BCUT2D eigenvalue weighted by molar-refractivity contribution is -0.649. The van der Waals surface area contributed by atoms with E-state index in [2.05, 4.69) is 239 Å². The van der Waals surface area contributed by atoms with Crippen molar-refractivity contribution in [1.29, 1.82) is 0 Å². The number of aryl methyl sites for hydroxylation is 1. The van der Waals surface area contributed by atoms with E-state index < -0.39 is 5.41 Å². The Morgan fingerprint density at radius 3 is 1.81 bits per heavy atom. The summed E-state index contributed by atoms with van der Waals surface area (Å²) in [4.78, 5) is 4.92. The number of ether oxygens (including phenoxy) is 1. The van der Waals surface area contributed by atoms with Crippen molar-refractivity contribution in [2.45, 2.75) is 130 Å². The van der Waals surface area contributed by atoms with Gasteiger partial charge in [-0.15, -0.1) is 0 Å². The molecular formula is C63H66N4O. The quantitative estimate of drug-likeness (QED) is 0.130. The molecular weight excluding hydrogens is 829 g/mol. The highest BCUT2D eigenvalue weighted by Crippen LogP contribution is 2.65. The first-order valence-electron chi connectivity index (χ1n) is 24.6. The molecule has 344 valence electrons. The zero-order valence-corrected chi connectivity index (χ0v) is 42.8. The van der Waals surface area contributed by atoms with Gasteiger partial charge in [0, 0.05) is 23.0 Å². The molecule has 0 fully saturated rings. The van der Waals surface area contributed by atoms with Gasteiger partial charge in [0.25, 0.3) is 0 Å². The van der Waals surface area contributed by atoms with E-state index in [-0.39, 0.29) is 21.7 Å². The van der Waals surface area contributed by atoms with Crippen molar-refractivity contribution >= 4 is 32.8 Å². The Hall–Kier alpha value is -6.46. The molecule has 0 bridgehead atoms. The van der Waals surface area contributed by atoms with Crippen molar-refractivity contribution in [3.8, 4) is 34.1 Å². The SMILES string of the molecule is CC(C)c1ccnc(-n2c3ccccc3c3ccc(Oc4ccc5c(c4)-n4[c-][n+](C)c6cccc(c64)C54c5c(cc(C(C)(C)C)cc5C(C)(C)C)-c5cc(C(C)(C)C)cc(C(C)(C)C)c54)cc32)c1. The number of aromatic nitrogens is 4. The molecule has 9 aromatic rings. The molecule has 2 aliphatic rings. The zero-order chi connectivity index (χ0) is 48.2. The van der Waals surface area contributed by atoms with Crippen LogP contribution in [0.2, 0.25) is 0 Å². The lowest BCUT2D eigenvalue weighted by atomic mass is 9.60. The second kappa shape index (κ2) is 14.5. The van der Waals surface area contributed by atoms with Gasteiger partial charge in [0.05, 0.1) is 40.2 Å². The van der Waals surface area contributed by atoms with E-state index in [1.165, 1.54) is 72.1 Å². The van der Waals surface area contributed by atoms with Crippen molar-refractivity contribution in [3.05, 3.63) is 178 Å². The summed E-state index contributed by atoms with van der Waals surface area (Å²) in [5, 5.41) is 2.35. The number of pyridine rings is 1. The van der Waals surface area contributed by atoms with Crippen LogP contribution in [0.25, 0.3) is 55.5 Å². The second-order valence-electron chi connectivity index (χ2n) is 24.2. The van der Waals surface area contributed by atoms with Crippen LogP contribution in [0.3, 0.4) is 0 Å². The molecule has 5 heteroatoms. The molecule has 1 aliphatic heterocycles. The fourth-order valence-electron chi connectivity index (χ4n) is 11.5. The predicted molar refractivity (Wildman–Crippen MR) is 282 cm³/mol. The normalized spacial score (nSPS) is 14.4. The lowest BCUT2D eigenvalue weighted by Crippen LogP contribution is -2.38. The molecule has 1 aliphatic carbocycles. The Morgan fingerprint density at radius 1 is 0.588 bits per heavy atom. The molecule has 4 heterocycles. The summed E-state index contributed by atoms with van der Waals surface area (Å²) in [6, 6.07) is 43.5. The van der Waals surface area contributed by atoms with Gasteiger partial charge in [0.2, 0.25) is 6.33 Å². The van der Waals surface area contributed by atoms with Crippen molar-refractivity contribution < 1.29 is 9.30 Å². The van der Waals surface area contributed by atoms with E-state index in [0.717, 1.165) is 44.9 Å². The third kappa shape index (κ3) is 6.40. The summed E-state index contributed by atoms with van der Waals surface area (Å²) in [5.41, 5.74) is 19.3. The summed E-state index contributed by atoms with van der Waals surface area (Å²) in [5.74, 6) is 2.83. The largest absolute Gasteiger partial charge is 0.458 e. The number of hydrogen-bond acceptors (Lipinski definition) is 2. The average Bonchev–Trinajstić information content (AvgIpc) is 3.89. The summed E-state index contributed by atoms with van der Waals surface area (Å²) in [7, 11) is 2.13. The van der Waals surface area contributed by atoms with Crippen LogP contribution in [0.1, 0.15) is 153 Å². The van der Waals surface area contributed by atoms with Gasteiger partial charge in [-0.2, -0.15) is 0 Å². The van der Waals surface area contributed by atoms with E-state index in [4.69, 9.17) is 9.72 Å². The van der Waals surface area contributed by atoms with Crippen molar-refractivity contribution in [2.75, 3.05) is 0 Å². The number of para-hydroxylation sites is 2. The maximum absolute atomic E-state index is 7.08. The number of imidazole rings is 1. The fourth-order valence-corrected chi connectivity index (χ4v) is 11.5. The summed E-state index contributed by atoms with van der Waals surface area (Å²) in [6.45, 7) is 33.0. The molecule has 68 heavy (non-hydrogen) atoms. The molecule has 1 spiro atoms. The van der Waals surface area contributed by atoms with Gasteiger partial charge < -0.3 is 13.9 Å². The minimum absolute atomic E-state index is 0.0560. The first kappa shape index (κ1) is 44.1. The number of nitrogens with zero attached hydrogens (tertiary/aromatic N) is 4. The molecule has 3 aromatic heterocycles. The smallest absolute Gasteiger partial charge is 0.244 e. The van der Waals surface area contributed by atoms with Crippen LogP contribution >= 0.6 is 0 Å². The molecule has 0 radical (unpaired) electrons. The lowest BCUT2D eigenvalue weighted by Gasteiger charge is -2.45. The van der Waals surface area contributed by atoms with Crippen LogP contribution in [0.4, 0.5) is 0 Å². The maximum atomic E-state index is 7.08. The molecule has 0 saturated heterocycles. The summed E-state index contributed by atoms with van der Waals surface area (Å²) >= 11 is 0. The minimum atomic E-state index is -0.650. The average molecular weight is 895 g/mol. The Labute approximate surface area is 403 Å². The van der Waals surface area contributed by atoms with Crippen LogP contribution in [0, 0.1) is 6.33 Å². The summed E-state index contributed by atoms with van der Waals surface area (Å²) < 4.78 is 13.8. The third-order valence-electron chi connectivity index (χ3n) is 15.1. The first-order valence-corrected chi connectivity index (χ1v) is 24.6. The molecule has 6 aromatic carbocycles. The number of fused-ring (bicyclic) bond motifs is 12. The number of hydrogen-bond donors (Lipinski definition) is 0. The van der Waals surface area contributed by atoms with Crippen LogP contribution in [-0.2, 0) is 34.1 Å². The van der Waals surface area contributed by atoms with Crippen LogP contribution < -0.4 is 9.30 Å². The van der Waals surface area contributed by atoms with Gasteiger partial charge in [-0.25, -0.2) is 4.98 Å². The Morgan fingerprint density at radius 2 is 1.19 bits per heavy atom. The monoisotopic (exact) mass is 895 g/mol. The molecule has 5 nitrogen and oxygen atoms in total. The Kier molecular flexibility index (Phi) is 9.42. The van der Waals surface area contributed by atoms with E-state index >= 15 is 0 Å². The van der Waals surface area contributed by atoms with Crippen LogP contribution in [0.5, 0.6) is 11.5 Å². The maximum Gasteiger partial charge on any atom is 0.244 e. The highest BCUT2D eigenvalue weighted by atomic mass is 16.5. The second-order valence-corrected chi connectivity index (χ2v) is 24.2. The minimum Gasteiger partial charge on any atom is -0.458 e. The Bertz CT molecular complexity index is 3480. The highest BCUT2D eigenvalue weighted by molar-refractivity contribution is 6.09. The van der Waals surface area contributed by atoms with E-state index in [0.29, 0.717) is 5.92 Å². The zero-order valence-electron chi connectivity index (χ0n) is 42.8. The highest BCUT2D eigenvalue weighted by Gasteiger charge is 2.54. The van der Waals surface area contributed by atoms with Gasteiger partial charge >= 0.3 is 0 Å². The molecule has 0 atom stereocenters. The summed E-state index contributed by atoms with van der Waals surface area (Å²) in [6.07, 6.45) is 5.72. The van der Waals surface area contributed by atoms with Crippen molar-refractivity contribution in [1.82, 2.24) is 14.1 Å². The molecule has 0 amide bonds. The Balaban J connectivity index is 1.21. The van der Waals surface area contributed by atoms with Crippen LogP contribution in [0.15, 0.2) is 121 Å². The fraction of sp³-hybridized carbons (Fsp3) is 0.333. The number of rotatable bonds is 4. The van der Waals surface area contributed by atoms with Gasteiger partial charge in [-0.3, -0.25) is 4.57 Å². The van der Waals surface area contributed by atoms with E-state index in [1.54, 1.807) is 0 Å². The van der Waals surface area contributed by atoms with Crippen molar-refractivity contribution in [2.24, 2.45) is 7.05 Å². The molecule has 11 rings (SSSR count). The molecule has 0 saturated carbocycles.